The molecular formula is C14H16N2O. The summed E-state index contributed by atoms with van der Waals surface area (Å²) in [5.74, 6) is 0. The molecule has 1 aromatic carbocycles. The minimum atomic E-state index is 0.627. The molecule has 2 aromatic rings. The maximum atomic E-state index is 8.40. The molecule has 1 N–H and O–H groups in total. The van der Waals surface area contributed by atoms with Crippen molar-refractivity contribution in [2.75, 3.05) is 13.1 Å². The summed E-state index contributed by atoms with van der Waals surface area (Å²) in [6.45, 7) is 1.83. The molecule has 0 spiro atoms. The van der Waals surface area contributed by atoms with Gasteiger partial charge >= 0.3 is 0 Å². The maximum absolute atomic E-state index is 8.40. The molecule has 3 nitrogen and oxygen atoms in total. The van der Waals surface area contributed by atoms with E-state index in [9.17, 15) is 0 Å². The fourth-order valence-electron chi connectivity index (χ4n) is 1.87. The van der Waals surface area contributed by atoms with Crippen molar-refractivity contribution in [3.63, 3.8) is 0 Å². The van der Waals surface area contributed by atoms with Crippen molar-refractivity contribution in [1.29, 1.82) is 5.26 Å². The summed E-state index contributed by atoms with van der Waals surface area (Å²) in [6, 6.07) is 10.2. The number of nitriles is 1. The molecule has 1 heterocycles. The first-order valence-corrected chi connectivity index (χ1v) is 5.94. The molecule has 0 unspecified atom stereocenters. The molecule has 0 aliphatic carbocycles. The number of unbranched alkanes of at least 4 members (excludes halogenated alkanes) is 1. The van der Waals surface area contributed by atoms with E-state index in [4.69, 9.17) is 9.68 Å². The highest BCUT2D eigenvalue weighted by atomic mass is 16.3. The molecule has 0 saturated heterocycles. The lowest BCUT2D eigenvalue weighted by Crippen LogP contribution is -2.18. The summed E-state index contributed by atoms with van der Waals surface area (Å²) in [5, 5.41) is 12.9. The van der Waals surface area contributed by atoms with E-state index in [-0.39, 0.29) is 0 Å². The number of nitrogens with one attached hydrogen (secondary N) is 1. The molecule has 1 aromatic heterocycles. The van der Waals surface area contributed by atoms with E-state index in [0.717, 1.165) is 31.5 Å². The highest BCUT2D eigenvalue weighted by molar-refractivity contribution is 5.80. The van der Waals surface area contributed by atoms with Gasteiger partial charge in [0.05, 0.1) is 12.3 Å². The SMILES string of the molecule is N#CCCCNCCc1coc2ccccc12. The number of hydrogen-bond donors (Lipinski definition) is 1. The number of nitrogens with zero attached hydrogens (tertiary/aromatic N) is 1. The molecule has 2 rings (SSSR count). The van der Waals surface area contributed by atoms with Crippen LogP contribution in [0.25, 0.3) is 11.0 Å². The number of rotatable bonds is 6. The van der Waals surface area contributed by atoms with Gasteiger partial charge in [0, 0.05) is 11.8 Å². The summed E-state index contributed by atoms with van der Waals surface area (Å²) in [4.78, 5) is 0. The normalized spacial score (nSPS) is 10.5. The Morgan fingerprint density at radius 2 is 2.12 bits per heavy atom. The Morgan fingerprint density at radius 3 is 3.00 bits per heavy atom. The molecule has 0 fully saturated rings. The van der Waals surface area contributed by atoms with Crippen LogP contribution in [0.1, 0.15) is 18.4 Å². The third-order valence-corrected chi connectivity index (χ3v) is 2.77. The summed E-state index contributed by atoms with van der Waals surface area (Å²) >= 11 is 0. The van der Waals surface area contributed by atoms with E-state index < -0.39 is 0 Å². The molecule has 0 bridgehead atoms. The zero-order valence-corrected chi connectivity index (χ0v) is 9.78. The molecule has 0 radical (unpaired) electrons. The Kier molecular flexibility index (Phi) is 4.17. The number of benzene rings is 1. The van der Waals surface area contributed by atoms with Gasteiger partial charge in [-0.15, -0.1) is 0 Å². The molecule has 17 heavy (non-hydrogen) atoms. The minimum Gasteiger partial charge on any atom is -0.464 e. The first-order valence-electron chi connectivity index (χ1n) is 5.94. The largest absolute Gasteiger partial charge is 0.464 e. The zero-order valence-electron chi connectivity index (χ0n) is 9.78. The summed E-state index contributed by atoms with van der Waals surface area (Å²) < 4.78 is 5.47. The lowest BCUT2D eigenvalue weighted by atomic mass is 10.1. The quantitative estimate of drug-likeness (QED) is 0.773. The van der Waals surface area contributed by atoms with Crippen LogP contribution >= 0.6 is 0 Å². The van der Waals surface area contributed by atoms with E-state index in [1.165, 1.54) is 10.9 Å². The third-order valence-electron chi connectivity index (χ3n) is 2.77. The number of fused-ring (bicyclic) bond motifs is 1. The second-order valence-corrected chi connectivity index (χ2v) is 4.02. The zero-order chi connectivity index (χ0) is 11.9. The van der Waals surface area contributed by atoms with Crippen molar-refractivity contribution in [2.24, 2.45) is 0 Å². The molecular weight excluding hydrogens is 212 g/mol. The molecule has 0 amide bonds. The summed E-state index contributed by atoms with van der Waals surface area (Å²) in [6.07, 6.45) is 4.34. The van der Waals surface area contributed by atoms with Gasteiger partial charge in [-0.05, 0) is 37.6 Å². The number of para-hydroxylation sites is 1. The first kappa shape index (κ1) is 11.7. The lowest BCUT2D eigenvalue weighted by Gasteiger charge is -2.01. The van der Waals surface area contributed by atoms with Gasteiger partial charge in [-0.2, -0.15) is 5.26 Å². The average Bonchev–Trinajstić information content (AvgIpc) is 2.77. The monoisotopic (exact) mass is 228 g/mol. The van der Waals surface area contributed by atoms with Crippen molar-refractivity contribution in [1.82, 2.24) is 5.32 Å². The van der Waals surface area contributed by atoms with Crippen LogP contribution in [0.5, 0.6) is 0 Å². The Labute approximate surface area is 101 Å². The molecule has 0 aliphatic heterocycles. The van der Waals surface area contributed by atoms with Gasteiger partial charge in [0.15, 0.2) is 0 Å². The Morgan fingerprint density at radius 1 is 1.24 bits per heavy atom. The third kappa shape index (κ3) is 3.08. The molecule has 0 aliphatic rings. The van der Waals surface area contributed by atoms with Crippen LogP contribution < -0.4 is 5.32 Å². The number of furan rings is 1. The van der Waals surface area contributed by atoms with Crippen LogP contribution in [-0.2, 0) is 6.42 Å². The van der Waals surface area contributed by atoms with E-state index in [0.29, 0.717) is 6.42 Å². The summed E-state index contributed by atoms with van der Waals surface area (Å²) in [5.41, 5.74) is 2.19. The highest BCUT2D eigenvalue weighted by Gasteiger charge is 2.03. The van der Waals surface area contributed by atoms with Gasteiger partial charge in [-0.25, -0.2) is 0 Å². The van der Waals surface area contributed by atoms with Crippen LogP contribution in [0.3, 0.4) is 0 Å². The molecule has 88 valence electrons. The second-order valence-electron chi connectivity index (χ2n) is 4.02. The fourth-order valence-corrected chi connectivity index (χ4v) is 1.87. The van der Waals surface area contributed by atoms with Gasteiger partial charge in [0.1, 0.15) is 5.58 Å². The van der Waals surface area contributed by atoms with Crippen molar-refractivity contribution in [3.05, 3.63) is 36.1 Å². The maximum Gasteiger partial charge on any atom is 0.134 e. The van der Waals surface area contributed by atoms with Crippen LogP contribution in [0.15, 0.2) is 34.9 Å². The molecule has 3 heteroatoms. The predicted molar refractivity (Wildman–Crippen MR) is 67.6 cm³/mol. The first-order chi connectivity index (χ1) is 8.42. The van der Waals surface area contributed by atoms with Gasteiger partial charge in [-0.3, -0.25) is 0 Å². The van der Waals surface area contributed by atoms with E-state index >= 15 is 0 Å². The van der Waals surface area contributed by atoms with Crippen LogP contribution in [-0.4, -0.2) is 13.1 Å². The highest BCUT2D eigenvalue weighted by Crippen LogP contribution is 2.20. The Bertz CT molecular complexity index is 510. The average molecular weight is 228 g/mol. The molecule has 0 saturated carbocycles. The minimum absolute atomic E-state index is 0.627. The van der Waals surface area contributed by atoms with Crippen molar-refractivity contribution >= 4 is 11.0 Å². The fraction of sp³-hybridized carbons (Fsp3) is 0.357. The van der Waals surface area contributed by atoms with E-state index in [1.807, 2.05) is 24.5 Å². The van der Waals surface area contributed by atoms with Crippen molar-refractivity contribution in [2.45, 2.75) is 19.3 Å². The Hall–Kier alpha value is -1.79. The van der Waals surface area contributed by atoms with E-state index in [2.05, 4.69) is 17.5 Å². The molecule has 0 atom stereocenters. The smallest absolute Gasteiger partial charge is 0.134 e. The summed E-state index contributed by atoms with van der Waals surface area (Å²) in [7, 11) is 0. The van der Waals surface area contributed by atoms with Crippen LogP contribution in [0.2, 0.25) is 0 Å². The second kappa shape index (κ2) is 6.07. The van der Waals surface area contributed by atoms with Crippen molar-refractivity contribution in [3.8, 4) is 6.07 Å². The lowest BCUT2D eigenvalue weighted by molar-refractivity contribution is 0.604. The van der Waals surface area contributed by atoms with Gasteiger partial charge in [0.25, 0.3) is 0 Å². The van der Waals surface area contributed by atoms with Crippen LogP contribution in [0.4, 0.5) is 0 Å². The van der Waals surface area contributed by atoms with Gasteiger partial charge in [-0.1, -0.05) is 18.2 Å². The Balaban J connectivity index is 1.81. The van der Waals surface area contributed by atoms with Crippen molar-refractivity contribution < 1.29 is 4.42 Å². The predicted octanol–water partition coefficient (Wildman–Crippen LogP) is 2.87. The number of hydrogen-bond acceptors (Lipinski definition) is 3. The standard InChI is InChI=1S/C14H16N2O/c15-8-3-4-9-16-10-7-12-11-17-14-6-2-1-5-13(12)14/h1-2,5-6,11,16H,3-4,7,9-10H2. The van der Waals surface area contributed by atoms with Gasteiger partial charge < -0.3 is 9.73 Å². The van der Waals surface area contributed by atoms with E-state index in [1.54, 1.807) is 0 Å². The topological polar surface area (TPSA) is 49.0 Å². The van der Waals surface area contributed by atoms with Gasteiger partial charge in [0.2, 0.25) is 0 Å². The van der Waals surface area contributed by atoms with Crippen LogP contribution in [0, 0.1) is 11.3 Å².